The Balaban J connectivity index is 1.89. The second-order valence-electron chi connectivity index (χ2n) is 6.89. The van der Waals surface area contributed by atoms with E-state index in [1.807, 2.05) is 12.1 Å². The Bertz CT molecular complexity index is 1100. The molecule has 7 heteroatoms. The largest absolute Gasteiger partial charge is 0.370 e. The van der Waals surface area contributed by atoms with E-state index < -0.39 is 0 Å². The number of nitriles is 1. The molecule has 6 nitrogen and oxygen atoms in total. The quantitative estimate of drug-likeness (QED) is 0.698. The first-order valence-electron chi connectivity index (χ1n) is 9.08. The van der Waals surface area contributed by atoms with Crippen LogP contribution in [0.25, 0.3) is 11.2 Å². The van der Waals surface area contributed by atoms with E-state index in [4.69, 9.17) is 11.6 Å². The summed E-state index contributed by atoms with van der Waals surface area (Å²) < 4.78 is 3.29. The topological polar surface area (TPSA) is 66.8 Å². The van der Waals surface area contributed by atoms with Crippen molar-refractivity contribution in [2.75, 3.05) is 18.0 Å². The highest BCUT2D eigenvalue weighted by Crippen LogP contribution is 2.28. The molecule has 1 saturated heterocycles. The Morgan fingerprint density at radius 2 is 2.00 bits per heavy atom. The van der Waals surface area contributed by atoms with E-state index in [-0.39, 0.29) is 5.69 Å². The molecular formula is C20H20ClN5O. The van der Waals surface area contributed by atoms with Crippen molar-refractivity contribution >= 4 is 28.5 Å². The molecule has 0 N–H and O–H groups in total. The van der Waals surface area contributed by atoms with Crippen molar-refractivity contribution in [2.45, 2.75) is 25.8 Å². The molecule has 0 amide bonds. The molecular weight excluding hydrogens is 362 g/mol. The average Bonchev–Trinajstić information content (AvgIpc) is 2.95. The van der Waals surface area contributed by atoms with Crippen LogP contribution in [-0.4, -0.2) is 27.2 Å². The van der Waals surface area contributed by atoms with Gasteiger partial charge in [-0.25, -0.2) is 9.78 Å². The average molecular weight is 382 g/mol. The number of imidazole rings is 1. The van der Waals surface area contributed by atoms with Crippen LogP contribution in [0, 0.1) is 11.3 Å². The van der Waals surface area contributed by atoms with Gasteiger partial charge in [0.1, 0.15) is 5.52 Å². The van der Waals surface area contributed by atoms with E-state index >= 15 is 0 Å². The number of nitrogens with zero attached hydrogens (tertiary/aromatic N) is 5. The molecule has 0 radical (unpaired) electrons. The van der Waals surface area contributed by atoms with Gasteiger partial charge in [-0.3, -0.25) is 9.13 Å². The van der Waals surface area contributed by atoms with Crippen LogP contribution >= 0.6 is 11.6 Å². The van der Waals surface area contributed by atoms with Crippen LogP contribution in [0.2, 0.25) is 5.02 Å². The lowest BCUT2D eigenvalue weighted by atomic mass is 10.1. The van der Waals surface area contributed by atoms with Crippen LogP contribution in [0.1, 0.15) is 30.4 Å². The number of aryl methyl sites for hydroxylation is 1. The van der Waals surface area contributed by atoms with E-state index in [0.29, 0.717) is 22.8 Å². The van der Waals surface area contributed by atoms with Crippen LogP contribution in [0.3, 0.4) is 0 Å². The molecule has 1 fully saturated rings. The lowest BCUT2D eigenvalue weighted by molar-refractivity contribution is 0.578. The van der Waals surface area contributed by atoms with E-state index in [2.05, 4.69) is 16.0 Å². The van der Waals surface area contributed by atoms with Crippen molar-refractivity contribution in [1.29, 1.82) is 5.26 Å². The van der Waals surface area contributed by atoms with Crippen molar-refractivity contribution in [3.8, 4) is 6.07 Å². The maximum absolute atomic E-state index is 13.0. The van der Waals surface area contributed by atoms with Gasteiger partial charge in [0.05, 0.1) is 23.9 Å². The Hall–Kier alpha value is -2.78. The Kier molecular flexibility index (Phi) is 4.63. The summed E-state index contributed by atoms with van der Waals surface area (Å²) in [4.78, 5) is 19.7. The molecule has 3 aromatic rings. The number of hydrogen-bond acceptors (Lipinski definition) is 4. The number of hydrogen-bond donors (Lipinski definition) is 0. The van der Waals surface area contributed by atoms with Crippen molar-refractivity contribution in [1.82, 2.24) is 14.1 Å². The fraction of sp³-hybridized carbons (Fsp3) is 0.350. The zero-order valence-electron chi connectivity index (χ0n) is 15.2. The predicted octanol–water partition coefficient (Wildman–Crippen LogP) is 3.30. The highest BCUT2D eigenvalue weighted by atomic mass is 35.5. The zero-order valence-corrected chi connectivity index (χ0v) is 15.9. The molecule has 4 rings (SSSR count). The third kappa shape index (κ3) is 3.08. The molecule has 0 bridgehead atoms. The van der Waals surface area contributed by atoms with E-state index in [9.17, 15) is 10.1 Å². The van der Waals surface area contributed by atoms with Crippen LogP contribution in [0.5, 0.6) is 0 Å². The van der Waals surface area contributed by atoms with Gasteiger partial charge in [0, 0.05) is 31.4 Å². The molecule has 0 aliphatic carbocycles. The van der Waals surface area contributed by atoms with Crippen LogP contribution in [-0.2, 0) is 13.6 Å². The fourth-order valence-corrected chi connectivity index (χ4v) is 3.97. The van der Waals surface area contributed by atoms with E-state index in [1.54, 1.807) is 34.5 Å². The molecule has 2 aromatic heterocycles. The summed E-state index contributed by atoms with van der Waals surface area (Å²) in [6.45, 7) is 2.27. The first kappa shape index (κ1) is 17.6. The third-order valence-corrected chi connectivity index (χ3v) is 5.44. The maximum atomic E-state index is 13.0. The number of pyridine rings is 1. The zero-order chi connectivity index (χ0) is 19.0. The van der Waals surface area contributed by atoms with Gasteiger partial charge < -0.3 is 4.90 Å². The van der Waals surface area contributed by atoms with Gasteiger partial charge in [-0.05, 0) is 43.0 Å². The number of aromatic nitrogens is 3. The fourth-order valence-electron chi connectivity index (χ4n) is 3.80. The summed E-state index contributed by atoms with van der Waals surface area (Å²) in [5.74, 6) is 0. The molecule has 1 aliphatic heterocycles. The highest BCUT2D eigenvalue weighted by molar-refractivity contribution is 6.30. The number of piperidine rings is 1. The number of fused-ring (bicyclic) bond motifs is 1. The summed E-state index contributed by atoms with van der Waals surface area (Å²) in [7, 11) is 1.74. The van der Waals surface area contributed by atoms with Crippen LogP contribution in [0.15, 0.2) is 35.3 Å². The van der Waals surface area contributed by atoms with Crippen LogP contribution < -0.4 is 10.6 Å². The standard InChI is InChI=1S/C20H20ClN5O/c1-24-19-18(17(7-8-23-19)25-9-3-2-4-10-25)26(20(24)27)13-14-5-6-16(21)11-15(14)12-22/h5-8,11H,2-4,9-10,13H2,1H3. The van der Waals surface area contributed by atoms with Crippen molar-refractivity contribution < 1.29 is 0 Å². The third-order valence-electron chi connectivity index (χ3n) is 5.21. The number of anilines is 1. The summed E-state index contributed by atoms with van der Waals surface area (Å²) in [5.41, 5.74) is 3.63. The normalized spacial score (nSPS) is 14.5. The minimum atomic E-state index is -0.138. The van der Waals surface area contributed by atoms with Gasteiger partial charge in [0.25, 0.3) is 0 Å². The van der Waals surface area contributed by atoms with Gasteiger partial charge in [0.15, 0.2) is 5.65 Å². The predicted molar refractivity (Wildman–Crippen MR) is 106 cm³/mol. The van der Waals surface area contributed by atoms with Gasteiger partial charge in [0.2, 0.25) is 0 Å². The molecule has 3 heterocycles. The molecule has 0 unspecified atom stereocenters. The minimum Gasteiger partial charge on any atom is -0.370 e. The first-order valence-corrected chi connectivity index (χ1v) is 9.45. The van der Waals surface area contributed by atoms with Gasteiger partial charge >= 0.3 is 5.69 Å². The maximum Gasteiger partial charge on any atom is 0.330 e. The minimum absolute atomic E-state index is 0.138. The number of rotatable bonds is 3. The lowest BCUT2D eigenvalue weighted by Gasteiger charge is -2.29. The molecule has 0 atom stereocenters. The van der Waals surface area contributed by atoms with Gasteiger partial charge in [-0.15, -0.1) is 0 Å². The Morgan fingerprint density at radius 1 is 1.22 bits per heavy atom. The molecule has 27 heavy (non-hydrogen) atoms. The van der Waals surface area contributed by atoms with E-state index in [0.717, 1.165) is 42.7 Å². The first-order chi connectivity index (χ1) is 13.1. The summed E-state index contributed by atoms with van der Waals surface area (Å²) in [6, 6.07) is 9.35. The lowest BCUT2D eigenvalue weighted by Crippen LogP contribution is -2.30. The van der Waals surface area contributed by atoms with Crippen molar-refractivity contribution in [3.05, 3.63) is 57.1 Å². The number of halogens is 1. The monoisotopic (exact) mass is 381 g/mol. The molecule has 0 spiro atoms. The van der Waals surface area contributed by atoms with Crippen molar-refractivity contribution in [2.24, 2.45) is 7.05 Å². The van der Waals surface area contributed by atoms with Gasteiger partial charge in [-0.1, -0.05) is 17.7 Å². The number of benzene rings is 1. The Morgan fingerprint density at radius 3 is 2.74 bits per heavy atom. The van der Waals surface area contributed by atoms with Crippen LogP contribution in [0.4, 0.5) is 5.69 Å². The molecule has 138 valence electrons. The summed E-state index contributed by atoms with van der Waals surface area (Å²) in [5, 5.41) is 9.96. The van der Waals surface area contributed by atoms with Crippen molar-refractivity contribution in [3.63, 3.8) is 0 Å². The second kappa shape index (κ2) is 7.09. The SMILES string of the molecule is Cn1c(=O)n(Cc2ccc(Cl)cc2C#N)c2c(N3CCCCC3)ccnc21. The molecule has 0 saturated carbocycles. The molecule has 1 aromatic carbocycles. The smallest absolute Gasteiger partial charge is 0.330 e. The Labute approximate surface area is 162 Å². The summed E-state index contributed by atoms with van der Waals surface area (Å²) in [6.07, 6.45) is 5.30. The van der Waals surface area contributed by atoms with Gasteiger partial charge in [-0.2, -0.15) is 5.26 Å². The molecule has 1 aliphatic rings. The second-order valence-corrected chi connectivity index (χ2v) is 7.33. The highest BCUT2D eigenvalue weighted by Gasteiger charge is 2.21. The van der Waals surface area contributed by atoms with E-state index in [1.165, 1.54) is 6.42 Å². The summed E-state index contributed by atoms with van der Waals surface area (Å²) >= 11 is 6.02.